The van der Waals surface area contributed by atoms with Crippen LogP contribution in [0.5, 0.6) is 0 Å². The summed E-state index contributed by atoms with van der Waals surface area (Å²) in [5.41, 5.74) is 0.837. The minimum atomic E-state index is -0.469. The molecule has 0 radical (unpaired) electrons. The summed E-state index contributed by atoms with van der Waals surface area (Å²) in [6.07, 6.45) is 2.62. The van der Waals surface area contributed by atoms with E-state index >= 15 is 0 Å². The molecule has 0 aliphatic heterocycles. The number of oxazole rings is 1. The van der Waals surface area contributed by atoms with Crippen LogP contribution in [0.1, 0.15) is 24.3 Å². The first kappa shape index (κ1) is 20.9. The first-order valence-electron chi connectivity index (χ1n) is 7.61. The molecule has 2 N–H and O–H groups in total. The van der Waals surface area contributed by atoms with Crippen molar-refractivity contribution in [1.29, 1.82) is 0 Å². The first-order chi connectivity index (χ1) is 11.5. The van der Waals surface area contributed by atoms with E-state index in [0.717, 1.165) is 11.5 Å². The highest BCUT2D eigenvalue weighted by molar-refractivity contribution is 14.0. The van der Waals surface area contributed by atoms with Gasteiger partial charge in [-0.05, 0) is 20.8 Å². The summed E-state index contributed by atoms with van der Waals surface area (Å²) in [6, 6.07) is 0. The number of halogens is 1. The minimum absolute atomic E-state index is 0. The Morgan fingerprint density at radius 3 is 2.76 bits per heavy atom. The molecular weight excluding hydrogens is 441 g/mol. The Morgan fingerprint density at radius 1 is 1.44 bits per heavy atom. The van der Waals surface area contributed by atoms with Crippen molar-refractivity contribution in [2.75, 3.05) is 13.1 Å². The van der Waals surface area contributed by atoms with Gasteiger partial charge in [0, 0.05) is 13.1 Å². The molecule has 0 saturated carbocycles. The second kappa shape index (κ2) is 9.96. The molecule has 0 amide bonds. The molecule has 2 aromatic rings. The highest BCUT2D eigenvalue weighted by Crippen LogP contribution is 2.09. The van der Waals surface area contributed by atoms with Crippen LogP contribution in [-0.2, 0) is 13.1 Å². The Kier molecular flexibility index (Phi) is 8.31. The molecular formula is C14H22IN7O3. The fourth-order valence-electron chi connectivity index (χ4n) is 1.95. The average Bonchev–Trinajstić information content (AvgIpc) is 3.12. The quantitative estimate of drug-likeness (QED) is 0.211. The lowest BCUT2D eigenvalue weighted by Gasteiger charge is -2.10. The molecule has 2 heterocycles. The fourth-order valence-corrected chi connectivity index (χ4v) is 1.95. The molecule has 0 bridgehead atoms. The Hall–Kier alpha value is -2.18. The summed E-state index contributed by atoms with van der Waals surface area (Å²) in [4.78, 5) is 18.8. The van der Waals surface area contributed by atoms with Crippen LogP contribution < -0.4 is 10.6 Å². The van der Waals surface area contributed by atoms with Crippen LogP contribution in [0.25, 0.3) is 0 Å². The molecule has 25 heavy (non-hydrogen) atoms. The van der Waals surface area contributed by atoms with Crippen molar-refractivity contribution >= 4 is 35.6 Å². The molecule has 2 aromatic heterocycles. The van der Waals surface area contributed by atoms with Gasteiger partial charge >= 0.3 is 5.69 Å². The number of nitrogens with one attached hydrogen (secondary N) is 2. The van der Waals surface area contributed by atoms with Crippen LogP contribution in [0.3, 0.4) is 0 Å². The van der Waals surface area contributed by atoms with E-state index in [1.165, 1.54) is 17.1 Å². The molecule has 0 unspecified atom stereocenters. The lowest BCUT2D eigenvalue weighted by Crippen LogP contribution is -2.38. The summed E-state index contributed by atoms with van der Waals surface area (Å²) < 4.78 is 7.00. The molecule has 0 spiro atoms. The molecule has 0 aromatic carbocycles. The number of hydrogen-bond acceptors (Lipinski definition) is 6. The van der Waals surface area contributed by atoms with Crippen molar-refractivity contribution in [3.8, 4) is 0 Å². The zero-order chi connectivity index (χ0) is 17.5. The number of rotatable bonds is 7. The largest absolute Gasteiger partial charge is 0.444 e. The normalized spacial score (nSPS) is 11.1. The van der Waals surface area contributed by atoms with Gasteiger partial charge in [0.05, 0.1) is 17.2 Å². The van der Waals surface area contributed by atoms with Gasteiger partial charge in [0.25, 0.3) is 0 Å². The lowest BCUT2D eigenvalue weighted by molar-refractivity contribution is -0.385. The van der Waals surface area contributed by atoms with Crippen molar-refractivity contribution < 1.29 is 9.34 Å². The molecule has 0 atom stereocenters. The number of guanidine groups is 1. The lowest BCUT2D eigenvalue weighted by atomic mass is 10.4. The highest BCUT2D eigenvalue weighted by Gasteiger charge is 2.09. The van der Waals surface area contributed by atoms with Crippen molar-refractivity contribution in [2.45, 2.75) is 33.9 Å². The number of aromatic nitrogens is 3. The van der Waals surface area contributed by atoms with Gasteiger partial charge in [-0.2, -0.15) is 5.10 Å². The van der Waals surface area contributed by atoms with Crippen LogP contribution in [0.15, 0.2) is 21.8 Å². The van der Waals surface area contributed by atoms with Gasteiger partial charge < -0.3 is 15.1 Å². The molecule has 138 valence electrons. The van der Waals surface area contributed by atoms with E-state index in [0.29, 0.717) is 38.0 Å². The van der Waals surface area contributed by atoms with Crippen molar-refractivity contribution in [3.05, 3.63) is 39.9 Å². The number of nitro groups is 1. The summed E-state index contributed by atoms with van der Waals surface area (Å²) in [5, 5.41) is 20.8. The molecule has 2 rings (SSSR count). The van der Waals surface area contributed by atoms with Crippen molar-refractivity contribution in [3.63, 3.8) is 0 Å². The molecule has 0 fully saturated rings. The van der Waals surface area contributed by atoms with E-state index in [4.69, 9.17) is 4.42 Å². The van der Waals surface area contributed by atoms with Gasteiger partial charge in [-0.25, -0.2) is 9.98 Å². The van der Waals surface area contributed by atoms with Gasteiger partial charge in [-0.15, -0.1) is 24.0 Å². The summed E-state index contributed by atoms with van der Waals surface area (Å²) in [5.74, 6) is 1.97. The summed E-state index contributed by atoms with van der Waals surface area (Å²) in [7, 11) is 0. The van der Waals surface area contributed by atoms with Gasteiger partial charge in [0.15, 0.2) is 5.96 Å². The van der Waals surface area contributed by atoms with E-state index in [2.05, 4.69) is 25.7 Å². The number of hydrogen-bond donors (Lipinski definition) is 2. The van der Waals surface area contributed by atoms with E-state index in [1.807, 2.05) is 20.8 Å². The number of aryl methyl sites for hydroxylation is 2. The van der Waals surface area contributed by atoms with Crippen LogP contribution in [0, 0.1) is 24.0 Å². The van der Waals surface area contributed by atoms with Crippen molar-refractivity contribution in [2.24, 2.45) is 4.99 Å². The SMILES string of the molecule is CCNC(=NCc1nc(C)c(C)o1)NCCn1cc([N+](=O)[O-])cn1.I. The van der Waals surface area contributed by atoms with Gasteiger partial charge in [0.2, 0.25) is 5.89 Å². The Morgan fingerprint density at radius 2 is 2.20 bits per heavy atom. The minimum Gasteiger partial charge on any atom is -0.444 e. The molecule has 10 nitrogen and oxygen atoms in total. The van der Waals surface area contributed by atoms with E-state index < -0.39 is 4.92 Å². The molecule has 0 aliphatic carbocycles. The van der Waals surface area contributed by atoms with E-state index in [-0.39, 0.29) is 29.7 Å². The zero-order valence-electron chi connectivity index (χ0n) is 14.4. The monoisotopic (exact) mass is 463 g/mol. The molecule has 11 heteroatoms. The summed E-state index contributed by atoms with van der Waals surface area (Å²) >= 11 is 0. The van der Waals surface area contributed by atoms with E-state index in [9.17, 15) is 10.1 Å². The highest BCUT2D eigenvalue weighted by atomic mass is 127. The first-order valence-corrected chi connectivity index (χ1v) is 7.61. The Balaban J connectivity index is 0.00000312. The van der Waals surface area contributed by atoms with Crippen molar-refractivity contribution in [1.82, 2.24) is 25.4 Å². The zero-order valence-corrected chi connectivity index (χ0v) is 16.7. The third kappa shape index (κ3) is 6.32. The van der Waals surface area contributed by atoms with Crippen LogP contribution in [0.2, 0.25) is 0 Å². The standard InChI is InChI=1S/C14H21N7O3.HI/c1-4-15-14(17-8-13-19-10(2)11(3)24-13)16-5-6-20-9-12(7-18-20)21(22)23;/h7,9H,4-6,8H2,1-3H3,(H2,15,16,17);1H. The predicted octanol–water partition coefficient (Wildman–Crippen LogP) is 1.77. The van der Waals surface area contributed by atoms with Gasteiger partial charge in [-0.1, -0.05) is 0 Å². The predicted molar refractivity (Wildman–Crippen MR) is 103 cm³/mol. The second-order valence-electron chi connectivity index (χ2n) is 5.09. The van der Waals surface area contributed by atoms with Crippen LogP contribution in [-0.4, -0.2) is 38.7 Å². The van der Waals surface area contributed by atoms with Crippen LogP contribution >= 0.6 is 24.0 Å². The topological polar surface area (TPSA) is 123 Å². The van der Waals surface area contributed by atoms with Gasteiger partial charge in [0.1, 0.15) is 24.7 Å². The maximum absolute atomic E-state index is 10.6. The second-order valence-corrected chi connectivity index (χ2v) is 5.09. The van der Waals surface area contributed by atoms with Gasteiger partial charge in [-0.3, -0.25) is 14.8 Å². The Labute approximate surface area is 162 Å². The maximum Gasteiger partial charge on any atom is 0.306 e. The average molecular weight is 463 g/mol. The third-order valence-electron chi connectivity index (χ3n) is 3.25. The molecule has 0 saturated heterocycles. The third-order valence-corrected chi connectivity index (χ3v) is 3.25. The maximum atomic E-state index is 10.6. The van der Waals surface area contributed by atoms with E-state index in [1.54, 1.807) is 0 Å². The number of aliphatic imine (C=N–C) groups is 1. The van der Waals surface area contributed by atoms with Crippen LogP contribution in [0.4, 0.5) is 5.69 Å². The number of nitrogens with zero attached hydrogens (tertiary/aromatic N) is 5. The summed E-state index contributed by atoms with van der Waals surface area (Å²) in [6.45, 7) is 7.76. The molecule has 0 aliphatic rings. The fraction of sp³-hybridized carbons (Fsp3) is 0.500. The Bertz CT molecular complexity index is 706. The smallest absolute Gasteiger partial charge is 0.306 e.